The van der Waals surface area contributed by atoms with E-state index in [0.29, 0.717) is 11.1 Å². The van der Waals surface area contributed by atoms with Gasteiger partial charge in [-0.25, -0.2) is 0 Å². The molecule has 4 nitrogen and oxygen atoms in total. The molecule has 0 N–H and O–H groups in total. The highest BCUT2D eigenvalue weighted by Crippen LogP contribution is 2.22. The minimum atomic E-state index is -0.385. The van der Waals surface area contributed by atoms with E-state index in [2.05, 4.69) is 0 Å². The molecule has 0 aromatic heterocycles. The van der Waals surface area contributed by atoms with Crippen LogP contribution in [0.25, 0.3) is 0 Å². The molecule has 2 rings (SSSR count). The SMILES string of the molecule is CSCON1C(=O)c2ccccc2C1=O. The molecule has 1 heterocycles. The average Bonchev–Trinajstić information content (AvgIpc) is 2.51. The largest absolute Gasteiger partial charge is 0.285 e. The molecule has 0 fully saturated rings. The lowest BCUT2D eigenvalue weighted by molar-refractivity contribution is -0.0713. The van der Waals surface area contributed by atoms with Crippen LogP contribution in [0.3, 0.4) is 0 Å². The summed E-state index contributed by atoms with van der Waals surface area (Å²) in [5.41, 5.74) is 0.812. The zero-order valence-corrected chi connectivity index (χ0v) is 8.91. The molecule has 0 unspecified atom stereocenters. The number of thioether (sulfide) groups is 1. The maximum atomic E-state index is 11.7. The molecule has 2 amide bonds. The normalized spacial score (nSPS) is 14.6. The minimum Gasteiger partial charge on any atom is -0.266 e. The molecule has 0 saturated carbocycles. The highest BCUT2D eigenvalue weighted by atomic mass is 32.2. The van der Waals surface area contributed by atoms with E-state index in [9.17, 15) is 9.59 Å². The van der Waals surface area contributed by atoms with Crippen LogP contribution >= 0.6 is 11.8 Å². The number of rotatable bonds is 3. The van der Waals surface area contributed by atoms with E-state index in [-0.39, 0.29) is 17.8 Å². The number of hydrogen-bond acceptors (Lipinski definition) is 4. The van der Waals surface area contributed by atoms with Gasteiger partial charge >= 0.3 is 0 Å². The van der Waals surface area contributed by atoms with Crippen LogP contribution in [0.1, 0.15) is 20.7 Å². The van der Waals surface area contributed by atoms with Crippen LogP contribution in [0.15, 0.2) is 24.3 Å². The van der Waals surface area contributed by atoms with E-state index in [0.717, 1.165) is 5.06 Å². The number of nitrogens with zero attached hydrogens (tertiary/aromatic N) is 1. The van der Waals surface area contributed by atoms with Crippen molar-refractivity contribution < 1.29 is 14.4 Å². The van der Waals surface area contributed by atoms with Crippen LogP contribution in [0, 0.1) is 0 Å². The second-order valence-corrected chi connectivity index (χ2v) is 3.80. The molecule has 0 saturated heterocycles. The van der Waals surface area contributed by atoms with E-state index in [1.807, 2.05) is 6.26 Å². The van der Waals surface area contributed by atoms with Crippen molar-refractivity contribution in [1.82, 2.24) is 5.06 Å². The van der Waals surface area contributed by atoms with Crippen molar-refractivity contribution in [3.8, 4) is 0 Å². The third-order valence-electron chi connectivity index (χ3n) is 2.06. The molecule has 1 aromatic carbocycles. The fourth-order valence-electron chi connectivity index (χ4n) is 1.39. The first kappa shape index (κ1) is 10.2. The van der Waals surface area contributed by atoms with Crippen LogP contribution in [0.2, 0.25) is 0 Å². The number of imide groups is 1. The Morgan fingerprint density at radius 2 is 1.73 bits per heavy atom. The summed E-state index contributed by atoms with van der Waals surface area (Å²) in [5, 5.41) is 0.821. The Bertz CT molecular complexity index is 384. The molecule has 78 valence electrons. The van der Waals surface area contributed by atoms with Gasteiger partial charge in [0.2, 0.25) is 0 Å². The van der Waals surface area contributed by atoms with Gasteiger partial charge in [-0.05, 0) is 18.4 Å². The van der Waals surface area contributed by atoms with Gasteiger partial charge in [-0.15, -0.1) is 16.8 Å². The third-order valence-corrected chi connectivity index (χ3v) is 2.40. The number of fused-ring (bicyclic) bond motifs is 1. The van der Waals surface area contributed by atoms with E-state index >= 15 is 0 Å². The minimum absolute atomic E-state index is 0.283. The third kappa shape index (κ3) is 1.64. The Hall–Kier alpha value is -1.33. The van der Waals surface area contributed by atoms with E-state index in [4.69, 9.17) is 4.84 Å². The Labute approximate surface area is 91.2 Å². The molecular formula is C10H9NO3S. The van der Waals surface area contributed by atoms with Crippen molar-refractivity contribution in [2.75, 3.05) is 12.2 Å². The van der Waals surface area contributed by atoms with Gasteiger partial charge in [0.05, 0.1) is 11.1 Å². The summed E-state index contributed by atoms with van der Waals surface area (Å²) in [6.07, 6.45) is 1.83. The monoisotopic (exact) mass is 223 g/mol. The molecule has 0 bridgehead atoms. The van der Waals surface area contributed by atoms with Crippen molar-refractivity contribution in [3.63, 3.8) is 0 Å². The molecule has 0 spiro atoms. The lowest BCUT2D eigenvalue weighted by Gasteiger charge is -2.11. The standard InChI is InChI=1S/C10H9NO3S/c1-15-6-14-11-9(12)7-4-2-3-5-8(7)10(11)13/h2-5H,6H2,1H3. The molecular weight excluding hydrogens is 214 g/mol. The number of benzene rings is 1. The lowest BCUT2D eigenvalue weighted by atomic mass is 10.1. The fraction of sp³-hybridized carbons (Fsp3) is 0.200. The van der Waals surface area contributed by atoms with Gasteiger partial charge < -0.3 is 0 Å². The first-order valence-corrected chi connectivity index (χ1v) is 5.74. The van der Waals surface area contributed by atoms with Crippen molar-refractivity contribution in [2.45, 2.75) is 0 Å². The predicted octanol–water partition coefficient (Wildman–Crippen LogP) is 1.53. The van der Waals surface area contributed by atoms with Gasteiger partial charge in [-0.2, -0.15) is 0 Å². The summed E-state index contributed by atoms with van der Waals surface area (Å²) in [7, 11) is 0. The summed E-state index contributed by atoms with van der Waals surface area (Å²) in [4.78, 5) is 28.4. The number of amides is 2. The molecule has 5 heteroatoms. The predicted molar refractivity (Wildman–Crippen MR) is 56.4 cm³/mol. The van der Waals surface area contributed by atoms with Crippen LogP contribution in [0.5, 0.6) is 0 Å². The maximum Gasteiger partial charge on any atom is 0.285 e. The van der Waals surface area contributed by atoms with Gasteiger partial charge in [0.25, 0.3) is 11.8 Å². The highest BCUT2D eigenvalue weighted by Gasteiger charge is 2.36. The second kappa shape index (κ2) is 4.04. The van der Waals surface area contributed by atoms with Crippen LogP contribution < -0.4 is 0 Å². The van der Waals surface area contributed by atoms with Crippen molar-refractivity contribution >= 4 is 23.6 Å². The zero-order valence-electron chi connectivity index (χ0n) is 8.10. The first-order valence-electron chi connectivity index (χ1n) is 4.35. The van der Waals surface area contributed by atoms with Crippen molar-refractivity contribution in [2.24, 2.45) is 0 Å². The highest BCUT2D eigenvalue weighted by molar-refractivity contribution is 7.98. The number of hydrogen-bond donors (Lipinski definition) is 0. The zero-order chi connectivity index (χ0) is 10.8. The van der Waals surface area contributed by atoms with Crippen LogP contribution in [0.4, 0.5) is 0 Å². The molecule has 0 atom stereocenters. The van der Waals surface area contributed by atoms with E-state index in [1.165, 1.54) is 11.8 Å². The maximum absolute atomic E-state index is 11.7. The Morgan fingerprint density at radius 1 is 1.20 bits per heavy atom. The smallest absolute Gasteiger partial charge is 0.266 e. The molecule has 1 aliphatic rings. The van der Waals surface area contributed by atoms with Crippen molar-refractivity contribution in [3.05, 3.63) is 35.4 Å². The van der Waals surface area contributed by atoms with Gasteiger partial charge in [0.15, 0.2) is 0 Å². The number of carbonyl (C=O) groups excluding carboxylic acids is 2. The quantitative estimate of drug-likeness (QED) is 0.576. The molecule has 0 aliphatic carbocycles. The fourth-order valence-corrected chi connectivity index (χ4v) is 1.60. The molecule has 1 aromatic rings. The Morgan fingerprint density at radius 3 is 2.20 bits per heavy atom. The number of carbonyl (C=O) groups is 2. The van der Waals surface area contributed by atoms with Crippen molar-refractivity contribution in [1.29, 1.82) is 0 Å². The lowest BCUT2D eigenvalue weighted by Crippen LogP contribution is -2.29. The van der Waals surface area contributed by atoms with Gasteiger partial charge in [-0.1, -0.05) is 12.1 Å². The average molecular weight is 223 g/mol. The molecule has 0 radical (unpaired) electrons. The summed E-state index contributed by atoms with van der Waals surface area (Å²) in [6, 6.07) is 6.69. The molecule has 1 aliphatic heterocycles. The van der Waals surface area contributed by atoms with E-state index in [1.54, 1.807) is 24.3 Å². The topological polar surface area (TPSA) is 46.6 Å². The second-order valence-electron chi connectivity index (χ2n) is 2.99. The summed E-state index contributed by atoms with van der Waals surface area (Å²) < 4.78 is 0. The van der Waals surface area contributed by atoms with Gasteiger partial charge in [0, 0.05) is 0 Å². The Balaban J connectivity index is 2.29. The molecule has 15 heavy (non-hydrogen) atoms. The van der Waals surface area contributed by atoms with Crippen LogP contribution in [-0.2, 0) is 4.84 Å². The first-order chi connectivity index (χ1) is 7.25. The van der Waals surface area contributed by atoms with Crippen LogP contribution in [-0.4, -0.2) is 29.1 Å². The van der Waals surface area contributed by atoms with E-state index < -0.39 is 0 Å². The summed E-state index contributed by atoms with van der Waals surface area (Å²) >= 11 is 1.40. The summed E-state index contributed by atoms with van der Waals surface area (Å²) in [6.45, 7) is 0. The Kier molecular flexibility index (Phi) is 2.75. The van der Waals surface area contributed by atoms with Gasteiger partial charge in [0.1, 0.15) is 5.94 Å². The summed E-state index contributed by atoms with van der Waals surface area (Å²) in [5.74, 6) is -0.486. The number of hydroxylamine groups is 2. The van der Waals surface area contributed by atoms with Gasteiger partial charge in [-0.3, -0.25) is 14.4 Å².